The first-order chi connectivity index (χ1) is 18.2. The van der Waals surface area contributed by atoms with Gasteiger partial charge < -0.3 is 19.4 Å². The van der Waals surface area contributed by atoms with Gasteiger partial charge in [0.1, 0.15) is 11.8 Å². The highest BCUT2D eigenvalue weighted by Gasteiger charge is 2.35. The summed E-state index contributed by atoms with van der Waals surface area (Å²) in [6.45, 7) is 4.02. The summed E-state index contributed by atoms with van der Waals surface area (Å²) in [5.41, 5.74) is 0.961. The Balaban J connectivity index is 1.42. The summed E-state index contributed by atoms with van der Waals surface area (Å²) in [6.07, 6.45) is 5.43. The molecule has 0 spiro atoms. The fourth-order valence-corrected chi connectivity index (χ4v) is 5.99. The molecule has 37 heavy (non-hydrogen) atoms. The minimum atomic E-state index is -0.734. The van der Waals surface area contributed by atoms with E-state index < -0.39 is 6.04 Å². The fraction of sp³-hybridized carbons (Fsp3) is 0.448. The quantitative estimate of drug-likeness (QED) is 0.429. The van der Waals surface area contributed by atoms with E-state index in [-0.39, 0.29) is 23.6 Å². The van der Waals surface area contributed by atoms with Crippen LogP contribution in [0, 0.1) is 0 Å². The van der Waals surface area contributed by atoms with Crippen LogP contribution in [0.25, 0.3) is 0 Å². The third-order valence-electron chi connectivity index (χ3n) is 7.14. The molecular formula is C29H35N3O4S. The second kappa shape index (κ2) is 12.5. The molecule has 3 heterocycles. The lowest BCUT2D eigenvalue weighted by molar-refractivity contribution is -0.127. The van der Waals surface area contributed by atoms with Gasteiger partial charge in [0.05, 0.1) is 19.8 Å². The lowest BCUT2D eigenvalue weighted by Crippen LogP contribution is -2.46. The number of amides is 2. The second-order valence-corrected chi connectivity index (χ2v) is 10.8. The molecule has 1 aromatic carbocycles. The monoisotopic (exact) mass is 521 g/mol. The van der Waals surface area contributed by atoms with Crippen LogP contribution in [0.1, 0.15) is 64.9 Å². The van der Waals surface area contributed by atoms with E-state index in [1.165, 1.54) is 17.8 Å². The lowest BCUT2D eigenvalue weighted by atomic mass is 9.95. The molecule has 8 heteroatoms. The van der Waals surface area contributed by atoms with E-state index in [4.69, 9.17) is 9.15 Å². The number of benzene rings is 1. The number of rotatable bonds is 9. The minimum absolute atomic E-state index is 0.126. The van der Waals surface area contributed by atoms with Crippen molar-refractivity contribution in [2.75, 3.05) is 26.3 Å². The molecule has 1 saturated carbocycles. The van der Waals surface area contributed by atoms with Crippen molar-refractivity contribution < 1.29 is 18.7 Å². The molecule has 0 radical (unpaired) electrons. The van der Waals surface area contributed by atoms with Gasteiger partial charge in [0.15, 0.2) is 5.76 Å². The number of furan rings is 1. The van der Waals surface area contributed by atoms with Crippen LogP contribution in [-0.2, 0) is 22.6 Å². The van der Waals surface area contributed by atoms with E-state index in [0.717, 1.165) is 55.0 Å². The van der Waals surface area contributed by atoms with E-state index in [2.05, 4.69) is 10.2 Å². The summed E-state index contributed by atoms with van der Waals surface area (Å²) < 4.78 is 11.5. The van der Waals surface area contributed by atoms with Crippen LogP contribution >= 0.6 is 11.3 Å². The lowest BCUT2D eigenvalue weighted by Gasteiger charge is -2.32. The van der Waals surface area contributed by atoms with Crippen molar-refractivity contribution >= 4 is 23.2 Å². The van der Waals surface area contributed by atoms with Gasteiger partial charge in [-0.05, 0) is 42.0 Å². The van der Waals surface area contributed by atoms with Crippen molar-refractivity contribution in [1.29, 1.82) is 0 Å². The number of carbonyl (C=O) groups is 2. The van der Waals surface area contributed by atoms with E-state index in [1.54, 1.807) is 11.0 Å². The van der Waals surface area contributed by atoms with E-state index in [0.29, 0.717) is 26.3 Å². The van der Waals surface area contributed by atoms with Gasteiger partial charge in [-0.15, -0.1) is 11.3 Å². The Labute approximate surface area is 222 Å². The Morgan fingerprint density at radius 2 is 1.78 bits per heavy atom. The zero-order valence-electron chi connectivity index (χ0n) is 21.1. The van der Waals surface area contributed by atoms with E-state index >= 15 is 0 Å². The molecule has 0 unspecified atom stereocenters. The number of nitrogens with one attached hydrogen (secondary N) is 1. The highest BCUT2D eigenvalue weighted by Crippen LogP contribution is 2.30. The van der Waals surface area contributed by atoms with E-state index in [1.807, 2.05) is 53.9 Å². The normalized spacial score (nSPS) is 17.8. The SMILES string of the molecule is O=C(NC1CCCCC1)[C@H](c1cccs1)N(Cc1ccccc1)C(=O)c1ccc(CN2CCOCC2)o1. The summed E-state index contributed by atoms with van der Waals surface area (Å²) >= 11 is 1.50. The van der Waals surface area contributed by atoms with Gasteiger partial charge in [0.25, 0.3) is 5.91 Å². The molecular weight excluding hydrogens is 486 g/mol. The van der Waals surface area contributed by atoms with Crippen molar-refractivity contribution in [2.45, 2.75) is 57.3 Å². The molecule has 3 aromatic rings. The van der Waals surface area contributed by atoms with Crippen LogP contribution in [-0.4, -0.2) is 54.0 Å². The van der Waals surface area contributed by atoms with Gasteiger partial charge in [-0.1, -0.05) is 55.7 Å². The molecule has 1 N–H and O–H groups in total. The number of hydrogen-bond donors (Lipinski definition) is 1. The number of ether oxygens (including phenoxy) is 1. The molecule has 2 fully saturated rings. The fourth-order valence-electron chi connectivity index (χ4n) is 5.16. The molecule has 2 aromatic heterocycles. The summed E-state index contributed by atoms with van der Waals surface area (Å²) in [7, 11) is 0. The summed E-state index contributed by atoms with van der Waals surface area (Å²) in [6, 6.07) is 16.7. The van der Waals surface area contributed by atoms with Gasteiger partial charge in [0.2, 0.25) is 5.91 Å². The number of thiophene rings is 1. The first kappa shape index (κ1) is 25.7. The predicted molar refractivity (Wildman–Crippen MR) is 143 cm³/mol. The standard InChI is InChI=1S/C29H35N3O4S/c33-28(30-23-10-5-2-6-11-23)27(26-12-7-19-37-26)32(20-22-8-3-1-4-9-22)29(34)25-14-13-24(36-25)21-31-15-17-35-18-16-31/h1,3-4,7-9,12-14,19,23,27H,2,5-6,10-11,15-18,20-21H2,(H,30,33)/t27-/m0/s1. The topological polar surface area (TPSA) is 75.0 Å². The minimum Gasteiger partial charge on any atom is -0.455 e. The first-order valence-electron chi connectivity index (χ1n) is 13.2. The average molecular weight is 522 g/mol. The molecule has 2 amide bonds. The summed E-state index contributed by atoms with van der Waals surface area (Å²) in [5.74, 6) is 0.587. The van der Waals surface area contributed by atoms with Crippen LogP contribution in [0.4, 0.5) is 0 Å². The van der Waals surface area contributed by atoms with Gasteiger partial charge in [-0.2, -0.15) is 0 Å². The number of nitrogens with zero attached hydrogens (tertiary/aromatic N) is 2. The Morgan fingerprint density at radius 3 is 2.51 bits per heavy atom. The summed E-state index contributed by atoms with van der Waals surface area (Å²) in [4.78, 5) is 32.6. The Morgan fingerprint density at radius 1 is 1.00 bits per heavy atom. The van der Waals surface area contributed by atoms with E-state index in [9.17, 15) is 9.59 Å². The Kier molecular flexibility index (Phi) is 8.71. The molecule has 5 rings (SSSR count). The maximum atomic E-state index is 14.0. The third kappa shape index (κ3) is 6.69. The molecule has 1 atom stereocenters. The van der Waals surface area contributed by atoms with Gasteiger partial charge in [-0.3, -0.25) is 14.5 Å². The van der Waals surface area contributed by atoms with Crippen molar-refractivity contribution in [1.82, 2.24) is 15.1 Å². The highest BCUT2D eigenvalue weighted by atomic mass is 32.1. The number of morpholine rings is 1. The Hall–Kier alpha value is -2.94. The highest BCUT2D eigenvalue weighted by molar-refractivity contribution is 7.10. The summed E-state index contributed by atoms with van der Waals surface area (Å²) in [5, 5.41) is 5.22. The molecule has 1 aliphatic carbocycles. The first-order valence-corrected chi connectivity index (χ1v) is 14.1. The number of carbonyl (C=O) groups excluding carboxylic acids is 2. The van der Waals surface area contributed by atoms with Gasteiger partial charge in [0, 0.05) is 30.6 Å². The third-order valence-corrected chi connectivity index (χ3v) is 8.06. The largest absolute Gasteiger partial charge is 0.455 e. The van der Waals surface area contributed by atoms with Gasteiger partial charge in [-0.25, -0.2) is 0 Å². The second-order valence-electron chi connectivity index (χ2n) is 9.83. The van der Waals surface area contributed by atoms with Crippen molar-refractivity contribution in [3.63, 3.8) is 0 Å². The van der Waals surface area contributed by atoms with Crippen LogP contribution in [0.5, 0.6) is 0 Å². The van der Waals surface area contributed by atoms with Crippen LogP contribution in [0.15, 0.2) is 64.4 Å². The smallest absolute Gasteiger partial charge is 0.290 e. The zero-order valence-corrected chi connectivity index (χ0v) is 22.0. The van der Waals surface area contributed by atoms with Gasteiger partial charge >= 0.3 is 0 Å². The molecule has 7 nitrogen and oxygen atoms in total. The van der Waals surface area contributed by atoms with Crippen molar-refractivity contribution in [3.8, 4) is 0 Å². The van der Waals surface area contributed by atoms with Crippen molar-refractivity contribution in [3.05, 3.63) is 81.9 Å². The maximum Gasteiger partial charge on any atom is 0.290 e. The molecule has 196 valence electrons. The molecule has 1 saturated heterocycles. The van der Waals surface area contributed by atoms with Crippen LogP contribution < -0.4 is 5.32 Å². The molecule has 2 aliphatic rings. The number of hydrogen-bond acceptors (Lipinski definition) is 6. The maximum absolute atomic E-state index is 14.0. The zero-order chi connectivity index (χ0) is 25.5. The molecule has 0 bridgehead atoms. The Bertz CT molecular complexity index is 1140. The predicted octanol–water partition coefficient (Wildman–Crippen LogP) is 5.01. The van der Waals surface area contributed by atoms with Crippen LogP contribution in [0.3, 0.4) is 0 Å². The average Bonchev–Trinajstić information content (AvgIpc) is 3.63. The van der Waals surface area contributed by atoms with Crippen LogP contribution in [0.2, 0.25) is 0 Å². The van der Waals surface area contributed by atoms with Crippen molar-refractivity contribution in [2.24, 2.45) is 0 Å². The molecule has 1 aliphatic heterocycles.